The van der Waals surface area contributed by atoms with E-state index in [2.05, 4.69) is 25.1 Å². The first-order valence-electron chi connectivity index (χ1n) is 11.0. The summed E-state index contributed by atoms with van der Waals surface area (Å²) in [5, 5.41) is 0. The number of anilines is 1. The van der Waals surface area contributed by atoms with E-state index in [-0.39, 0.29) is 17.4 Å². The van der Waals surface area contributed by atoms with E-state index in [1.54, 1.807) is 23.1 Å². The van der Waals surface area contributed by atoms with Crippen LogP contribution in [0.3, 0.4) is 0 Å². The Kier molecular flexibility index (Phi) is 4.97. The predicted molar refractivity (Wildman–Crippen MR) is 129 cm³/mol. The maximum atomic E-state index is 13.2. The summed E-state index contributed by atoms with van der Waals surface area (Å²) in [5.41, 5.74) is 6.86. The summed E-state index contributed by atoms with van der Waals surface area (Å²) in [5.74, 6) is -0.894. The van der Waals surface area contributed by atoms with E-state index in [4.69, 9.17) is 0 Å². The van der Waals surface area contributed by atoms with Gasteiger partial charge in [-0.3, -0.25) is 14.4 Å². The molecule has 3 amide bonds. The monoisotopic (exact) mass is 436 g/mol. The van der Waals surface area contributed by atoms with E-state index < -0.39 is 5.91 Å². The van der Waals surface area contributed by atoms with E-state index in [1.165, 1.54) is 10.5 Å². The Labute approximate surface area is 192 Å². The molecule has 3 aromatic rings. The number of carbonyl (C=O) groups is 3. The largest absolute Gasteiger partial charge is 0.331 e. The molecule has 2 aliphatic rings. The molecule has 2 aliphatic heterocycles. The SMILES string of the molecule is Cc1ccc(C)c(N2C(=O)c3ccc(C(=O)N4CC=C(c5ccccc5C)C4)cc3C2=O)c1. The van der Waals surface area contributed by atoms with Crippen molar-refractivity contribution < 1.29 is 14.4 Å². The minimum absolute atomic E-state index is 0.150. The fourth-order valence-corrected chi connectivity index (χ4v) is 4.57. The number of hydrogen-bond acceptors (Lipinski definition) is 3. The van der Waals surface area contributed by atoms with Gasteiger partial charge >= 0.3 is 0 Å². The predicted octanol–water partition coefficient (Wildman–Crippen LogP) is 4.95. The Morgan fingerprint density at radius 3 is 2.33 bits per heavy atom. The molecule has 0 aromatic heterocycles. The number of carbonyl (C=O) groups excluding carboxylic acids is 3. The van der Waals surface area contributed by atoms with Gasteiger partial charge in [0, 0.05) is 18.7 Å². The van der Waals surface area contributed by atoms with Gasteiger partial charge in [-0.1, -0.05) is 42.5 Å². The van der Waals surface area contributed by atoms with Crippen LogP contribution in [0.15, 0.2) is 66.7 Å². The Morgan fingerprint density at radius 2 is 1.55 bits per heavy atom. The molecule has 33 heavy (non-hydrogen) atoms. The zero-order chi connectivity index (χ0) is 23.3. The molecule has 0 radical (unpaired) electrons. The number of benzene rings is 3. The molecule has 0 atom stereocenters. The minimum Gasteiger partial charge on any atom is -0.331 e. The first kappa shape index (κ1) is 20.9. The molecule has 0 saturated carbocycles. The van der Waals surface area contributed by atoms with Gasteiger partial charge in [0.2, 0.25) is 0 Å². The molecular formula is C28H24N2O3. The molecule has 5 nitrogen and oxygen atoms in total. The first-order valence-corrected chi connectivity index (χ1v) is 11.0. The summed E-state index contributed by atoms with van der Waals surface area (Å²) >= 11 is 0. The Morgan fingerprint density at radius 1 is 0.788 bits per heavy atom. The molecule has 0 spiro atoms. The highest BCUT2D eigenvalue weighted by atomic mass is 16.2. The number of aryl methyl sites for hydroxylation is 3. The van der Waals surface area contributed by atoms with Gasteiger partial charge in [0.25, 0.3) is 17.7 Å². The highest BCUT2D eigenvalue weighted by molar-refractivity contribution is 6.35. The standard InChI is InChI=1S/C28H24N2O3/c1-17-8-9-19(3)25(14-17)30-27(32)23-11-10-20(15-24(23)28(30)33)26(31)29-13-12-21(16-29)22-7-5-4-6-18(22)2/h4-12,14-15H,13,16H2,1-3H3. The van der Waals surface area contributed by atoms with E-state index in [1.807, 2.05) is 44.2 Å². The molecule has 5 rings (SSSR count). The van der Waals surface area contributed by atoms with E-state index >= 15 is 0 Å². The molecule has 0 unspecified atom stereocenters. The van der Waals surface area contributed by atoms with Gasteiger partial charge < -0.3 is 4.90 Å². The number of amides is 3. The molecule has 0 N–H and O–H groups in total. The highest BCUT2D eigenvalue weighted by Crippen LogP contribution is 2.32. The van der Waals surface area contributed by atoms with Crippen molar-refractivity contribution in [2.75, 3.05) is 18.0 Å². The van der Waals surface area contributed by atoms with Crippen molar-refractivity contribution in [3.05, 3.63) is 106 Å². The lowest BCUT2D eigenvalue weighted by atomic mass is 10.0. The highest BCUT2D eigenvalue weighted by Gasteiger charge is 2.38. The van der Waals surface area contributed by atoms with Gasteiger partial charge in [0.15, 0.2) is 0 Å². The van der Waals surface area contributed by atoms with Crippen molar-refractivity contribution >= 4 is 29.0 Å². The van der Waals surface area contributed by atoms with Crippen LogP contribution in [0.5, 0.6) is 0 Å². The summed E-state index contributed by atoms with van der Waals surface area (Å²) in [6.07, 6.45) is 2.07. The third kappa shape index (κ3) is 3.46. The second-order valence-electron chi connectivity index (χ2n) is 8.73. The van der Waals surface area contributed by atoms with Crippen LogP contribution in [-0.4, -0.2) is 35.7 Å². The fourth-order valence-electron chi connectivity index (χ4n) is 4.57. The second kappa shape index (κ2) is 7.85. The normalized spacial score (nSPS) is 15.2. The smallest absolute Gasteiger partial charge is 0.266 e. The van der Waals surface area contributed by atoms with Crippen LogP contribution in [-0.2, 0) is 0 Å². The van der Waals surface area contributed by atoms with Crippen molar-refractivity contribution in [2.24, 2.45) is 0 Å². The summed E-state index contributed by atoms with van der Waals surface area (Å²) in [6.45, 7) is 6.89. The van der Waals surface area contributed by atoms with Crippen molar-refractivity contribution in [2.45, 2.75) is 20.8 Å². The lowest BCUT2D eigenvalue weighted by Gasteiger charge is -2.17. The van der Waals surface area contributed by atoms with Gasteiger partial charge in [-0.05, 0) is 72.9 Å². The molecule has 2 heterocycles. The average Bonchev–Trinajstić information content (AvgIpc) is 3.39. The molecule has 0 aliphatic carbocycles. The topological polar surface area (TPSA) is 57.7 Å². The first-order chi connectivity index (χ1) is 15.8. The maximum absolute atomic E-state index is 13.2. The molecule has 3 aromatic carbocycles. The van der Waals surface area contributed by atoms with Crippen LogP contribution in [0, 0.1) is 20.8 Å². The van der Waals surface area contributed by atoms with Crippen molar-refractivity contribution in [1.82, 2.24) is 4.90 Å². The molecule has 0 bridgehead atoms. The second-order valence-corrected chi connectivity index (χ2v) is 8.73. The number of fused-ring (bicyclic) bond motifs is 1. The molecule has 5 heteroatoms. The van der Waals surface area contributed by atoms with Crippen molar-refractivity contribution in [3.8, 4) is 0 Å². The Hall–Kier alpha value is -3.99. The van der Waals surface area contributed by atoms with E-state index in [0.29, 0.717) is 29.9 Å². The van der Waals surface area contributed by atoms with Crippen LogP contribution in [0.1, 0.15) is 53.3 Å². The molecule has 164 valence electrons. The van der Waals surface area contributed by atoms with Gasteiger partial charge in [-0.15, -0.1) is 0 Å². The third-order valence-electron chi connectivity index (χ3n) is 6.44. The fraction of sp³-hybridized carbons (Fsp3) is 0.179. The van der Waals surface area contributed by atoms with Gasteiger partial charge in [0.05, 0.1) is 16.8 Å². The lowest BCUT2D eigenvalue weighted by Crippen LogP contribution is -2.30. The van der Waals surface area contributed by atoms with Gasteiger partial charge in [0.1, 0.15) is 0 Å². The van der Waals surface area contributed by atoms with E-state index in [9.17, 15) is 14.4 Å². The lowest BCUT2D eigenvalue weighted by molar-refractivity contribution is 0.0801. The molecule has 0 fully saturated rings. The van der Waals surface area contributed by atoms with Crippen molar-refractivity contribution in [3.63, 3.8) is 0 Å². The van der Waals surface area contributed by atoms with Crippen molar-refractivity contribution in [1.29, 1.82) is 0 Å². The van der Waals surface area contributed by atoms with Crippen LogP contribution in [0.4, 0.5) is 5.69 Å². The summed E-state index contributed by atoms with van der Waals surface area (Å²) < 4.78 is 0. The number of imide groups is 1. The van der Waals surface area contributed by atoms with Gasteiger partial charge in [-0.25, -0.2) is 4.90 Å². The molecule has 0 saturated heterocycles. The van der Waals surface area contributed by atoms with Crippen LogP contribution in [0.2, 0.25) is 0 Å². The maximum Gasteiger partial charge on any atom is 0.266 e. The summed E-state index contributed by atoms with van der Waals surface area (Å²) in [7, 11) is 0. The van der Waals surface area contributed by atoms with Crippen LogP contribution < -0.4 is 4.90 Å². The van der Waals surface area contributed by atoms with Gasteiger partial charge in [-0.2, -0.15) is 0 Å². The Balaban J connectivity index is 1.41. The zero-order valence-electron chi connectivity index (χ0n) is 18.9. The number of rotatable bonds is 3. The summed E-state index contributed by atoms with van der Waals surface area (Å²) in [4.78, 5) is 42.5. The van der Waals surface area contributed by atoms with E-state index in [0.717, 1.165) is 22.3 Å². The van der Waals surface area contributed by atoms with Crippen LogP contribution in [0.25, 0.3) is 5.57 Å². The minimum atomic E-state index is -0.390. The Bertz CT molecular complexity index is 1370. The van der Waals surface area contributed by atoms with Crippen LogP contribution >= 0.6 is 0 Å². The summed E-state index contributed by atoms with van der Waals surface area (Å²) in [6, 6.07) is 18.6. The average molecular weight is 437 g/mol. The zero-order valence-corrected chi connectivity index (χ0v) is 18.9. The third-order valence-corrected chi connectivity index (χ3v) is 6.44. The number of hydrogen-bond donors (Lipinski definition) is 0. The number of nitrogens with zero attached hydrogens (tertiary/aromatic N) is 2. The molecular weight excluding hydrogens is 412 g/mol. The quantitative estimate of drug-likeness (QED) is 0.546.